The van der Waals surface area contributed by atoms with Gasteiger partial charge in [-0.3, -0.25) is 0 Å². The largest absolute Gasteiger partial charge is 0.313 e. The normalized spacial score (nSPS) is 19.7. The molecule has 106 valence electrons. The van der Waals surface area contributed by atoms with Gasteiger partial charge in [0.25, 0.3) is 0 Å². The van der Waals surface area contributed by atoms with E-state index < -0.39 is 10.0 Å². The fourth-order valence-corrected chi connectivity index (χ4v) is 4.50. The van der Waals surface area contributed by atoms with Gasteiger partial charge in [-0.1, -0.05) is 19.1 Å². The Morgan fingerprint density at radius 1 is 1.32 bits per heavy atom. The molecule has 19 heavy (non-hydrogen) atoms. The number of thioether (sulfide) groups is 1. The van der Waals surface area contributed by atoms with Crippen LogP contribution in [0.4, 0.5) is 0 Å². The molecule has 0 amide bonds. The number of nitrogens with one attached hydrogen (secondary N) is 2. The third-order valence-electron chi connectivity index (χ3n) is 3.06. The minimum atomic E-state index is -3.36. The standard InChI is InChI=1S/C13H20N2O2S2/c1-2-14-9-11-3-5-13(6-4-11)19(16,17)15-12-7-8-18-10-12/h3-6,12,14-15H,2,7-10H2,1H3. The fraction of sp³-hybridized carbons (Fsp3) is 0.538. The quantitative estimate of drug-likeness (QED) is 0.837. The second-order valence-electron chi connectivity index (χ2n) is 4.61. The molecule has 4 nitrogen and oxygen atoms in total. The molecule has 1 aliphatic heterocycles. The Kier molecular flexibility index (Phi) is 5.27. The van der Waals surface area contributed by atoms with Crippen molar-refractivity contribution >= 4 is 21.8 Å². The van der Waals surface area contributed by atoms with E-state index in [1.807, 2.05) is 19.1 Å². The summed E-state index contributed by atoms with van der Waals surface area (Å²) in [6.07, 6.45) is 0.919. The Morgan fingerprint density at radius 2 is 2.05 bits per heavy atom. The van der Waals surface area contributed by atoms with E-state index in [2.05, 4.69) is 10.0 Å². The van der Waals surface area contributed by atoms with Crippen LogP contribution in [0.25, 0.3) is 0 Å². The Balaban J connectivity index is 2.03. The van der Waals surface area contributed by atoms with E-state index in [-0.39, 0.29) is 6.04 Å². The van der Waals surface area contributed by atoms with Crippen LogP contribution in [-0.2, 0) is 16.6 Å². The van der Waals surface area contributed by atoms with Crippen LogP contribution in [0.3, 0.4) is 0 Å². The van der Waals surface area contributed by atoms with E-state index in [4.69, 9.17) is 0 Å². The van der Waals surface area contributed by atoms with Gasteiger partial charge in [-0.15, -0.1) is 0 Å². The lowest BCUT2D eigenvalue weighted by Crippen LogP contribution is -2.34. The summed E-state index contributed by atoms with van der Waals surface area (Å²) in [6.45, 7) is 3.72. The smallest absolute Gasteiger partial charge is 0.240 e. The zero-order valence-corrected chi connectivity index (χ0v) is 12.7. The molecule has 0 aliphatic carbocycles. The maximum atomic E-state index is 12.2. The zero-order chi connectivity index (χ0) is 13.7. The highest BCUT2D eigenvalue weighted by Gasteiger charge is 2.22. The second kappa shape index (κ2) is 6.74. The van der Waals surface area contributed by atoms with Gasteiger partial charge in [0.15, 0.2) is 0 Å². The first kappa shape index (κ1) is 14.8. The van der Waals surface area contributed by atoms with Gasteiger partial charge in [-0.05, 0) is 36.4 Å². The maximum absolute atomic E-state index is 12.2. The summed E-state index contributed by atoms with van der Waals surface area (Å²) < 4.78 is 27.1. The Morgan fingerprint density at radius 3 is 2.63 bits per heavy atom. The van der Waals surface area contributed by atoms with Crippen LogP contribution in [0.1, 0.15) is 18.9 Å². The average molecular weight is 300 g/mol. The number of sulfonamides is 1. The van der Waals surface area contributed by atoms with Crippen molar-refractivity contribution in [2.45, 2.75) is 30.8 Å². The molecule has 6 heteroatoms. The predicted octanol–water partition coefficient (Wildman–Crippen LogP) is 1.58. The highest BCUT2D eigenvalue weighted by atomic mass is 32.2. The highest BCUT2D eigenvalue weighted by Crippen LogP contribution is 2.19. The minimum absolute atomic E-state index is 0.0800. The van der Waals surface area contributed by atoms with Crippen LogP contribution in [0.2, 0.25) is 0 Å². The Bertz CT molecular complexity index is 494. The first-order valence-electron chi connectivity index (χ1n) is 6.51. The van der Waals surface area contributed by atoms with E-state index in [0.29, 0.717) is 4.90 Å². The lowest BCUT2D eigenvalue weighted by atomic mass is 10.2. The van der Waals surface area contributed by atoms with Crippen molar-refractivity contribution < 1.29 is 8.42 Å². The van der Waals surface area contributed by atoms with Crippen LogP contribution in [0.15, 0.2) is 29.2 Å². The van der Waals surface area contributed by atoms with Gasteiger partial charge in [0.1, 0.15) is 0 Å². The lowest BCUT2D eigenvalue weighted by molar-refractivity contribution is 0.563. The molecule has 1 unspecified atom stereocenters. The van der Waals surface area contributed by atoms with E-state index in [0.717, 1.165) is 36.6 Å². The molecule has 0 radical (unpaired) electrons. The Hall–Kier alpha value is -0.560. The molecule has 2 rings (SSSR count). The molecule has 2 N–H and O–H groups in total. The predicted molar refractivity (Wildman–Crippen MR) is 79.9 cm³/mol. The number of benzene rings is 1. The molecule has 1 saturated heterocycles. The summed E-state index contributed by atoms with van der Waals surface area (Å²) in [5.74, 6) is 1.91. The van der Waals surface area contributed by atoms with Crippen molar-refractivity contribution in [2.75, 3.05) is 18.1 Å². The van der Waals surface area contributed by atoms with Crippen molar-refractivity contribution in [2.24, 2.45) is 0 Å². The zero-order valence-electron chi connectivity index (χ0n) is 11.1. The van der Waals surface area contributed by atoms with Gasteiger partial charge in [0, 0.05) is 18.3 Å². The molecule has 0 bridgehead atoms. The molecular weight excluding hydrogens is 280 g/mol. The first-order chi connectivity index (χ1) is 9.12. The summed E-state index contributed by atoms with van der Waals surface area (Å²) in [7, 11) is -3.36. The maximum Gasteiger partial charge on any atom is 0.240 e. The summed E-state index contributed by atoms with van der Waals surface area (Å²) in [4.78, 5) is 0.352. The van der Waals surface area contributed by atoms with Crippen molar-refractivity contribution in [3.8, 4) is 0 Å². The molecule has 1 aromatic carbocycles. The van der Waals surface area contributed by atoms with Crippen molar-refractivity contribution in [3.05, 3.63) is 29.8 Å². The first-order valence-corrected chi connectivity index (χ1v) is 9.15. The van der Waals surface area contributed by atoms with Crippen LogP contribution in [0, 0.1) is 0 Å². The van der Waals surface area contributed by atoms with E-state index in [1.165, 1.54) is 0 Å². The Labute approximate surface area is 119 Å². The van der Waals surface area contributed by atoms with Gasteiger partial charge < -0.3 is 5.32 Å². The van der Waals surface area contributed by atoms with Crippen molar-refractivity contribution in [1.82, 2.24) is 10.0 Å². The summed E-state index contributed by atoms with van der Waals surface area (Å²) in [5, 5.41) is 3.21. The molecule has 1 aliphatic rings. The van der Waals surface area contributed by atoms with Crippen molar-refractivity contribution in [1.29, 1.82) is 0 Å². The molecule has 1 atom stereocenters. The fourth-order valence-electron chi connectivity index (χ4n) is 1.97. The molecule has 1 fully saturated rings. The lowest BCUT2D eigenvalue weighted by Gasteiger charge is -2.12. The average Bonchev–Trinajstić information content (AvgIpc) is 2.89. The van der Waals surface area contributed by atoms with Crippen LogP contribution < -0.4 is 10.0 Å². The van der Waals surface area contributed by atoms with Crippen molar-refractivity contribution in [3.63, 3.8) is 0 Å². The van der Waals surface area contributed by atoms with Crippen LogP contribution in [0.5, 0.6) is 0 Å². The highest BCUT2D eigenvalue weighted by molar-refractivity contribution is 7.99. The monoisotopic (exact) mass is 300 g/mol. The third kappa shape index (κ3) is 4.21. The van der Waals surface area contributed by atoms with Crippen LogP contribution in [-0.4, -0.2) is 32.5 Å². The van der Waals surface area contributed by atoms with Crippen LogP contribution >= 0.6 is 11.8 Å². The number of rotatable bonds is 6. The van der Waals surface area contributed by atoms with Gasteiger partial charge >= 0.3 is 0 Å². The molecule has 0 saturated carbocycles. The van der Waals surface area contributed by atoms with Gasteiger partial charge in [-0.25, -0.2) is 13.1 Å². The number of hydrogen-bond acceptors (Lipinski definition) is 4. The van der Waals surface area contributed by atoms with Gasteiger partial charge in [0.05, 0.1) is 4.90 Å². The number of hydrogen-bond donors (Lipinski definition) is 2. The second-order valence-corrected chi connectivity index (χ2v) is 7.47. The third-order valence-corrected chi connectivity index (χ3v) is 5.76. The molecule has 0 aromatic heterocycles. The summed E-state index contributed by atoms with van der Waals surface area (Å²) in [6, 6.07) is 7.16. The topological polar surface area (TPSA) is 58.2 Å². The molecule has 1 aromatic rings. The van der Waals surface area contributed by atoms with E-state index >= 15 is 0 Å². The minimum Gasteiger partial charge on any atom is -0.313 e. The molecular formula is C13H20N2O2S2. The van der Waals surface area contributed by atoms with Gasteiger partial charge in [0.2, 0.25) is 10.0 Å². The SMILES string of the molecule is CCNCc1ccc(S(=O)(=O)NC2CCSC2)cc1. The molecule has 1 heterocycles. The molecule has 0 spiro atoms. The summed E-state index contributed by atoms with van der Waals surface area (Å²) >= 11 is 1.79. The summed E-state index contributed by atoms with van der Waals surface area (Å²) in [5.41, 5.74) is 1.09. The van der Waals surface area contributed by atoms with Gasteiger partial charge in [-0.2, -0.15) is 11.8 Å². The van der Waals surface area contributed by atoms with E-state index in [1.54, 1.807) is 23.9 Å². The van der Waals surface area contributed by atoms with E-state index in [9.17, 15) is 8.42 Å².